The van der Waals surface area contributed by atoms with Crippen LogP contribution in [0, 0.1) is 5.92 Å². The summed E-state index contributed by atoms with van der Waals surface area (Å²) in [5.74, 6) is 0.593. The van der Waals surface area contributed by atoms with Gasteiger partial charge in [0.15, 0.2) is 6.61 Å². The molecule has 1 unspecified atom stereocenters. The lowest BCUT2D eigenvalue weighted by molar-refractivity contribution is -0.125. The number of rotatable bonds is 6. The van der Waals surface area contributed by atoms with Crippen LogP contribution in [0.5, 0.6) is 5.75 Å². The van der Waals surface area contributed by atoms with E-state index in [9.17, 15) is 9.90 Å². The van der Waals surface area contributed by atoms with Crippen molar-refractivity contribution in [2.24, 2.45) is 13.0 Å². The Balaban J connectivity index is 1.59. The molecule has 1 amide bonds. The first-order valence-electron chi connectivity index (χ1n) is 7.85. The summed E-state index contributed by atoms with van der Waals surface area (Å²) in [5.41, 5.74) is 0.939. The molecule has 0 bridgehead atoms. The van der Waals surface area contributed by atoms with Crippen molar-refractivity contribution in [1.82, 2.24) is 15.1 Å². The third kappa shape index (κ3) is 4.07. The normalized spacial score (nSPS) is 21.0. The number of nitrogens with zero attached hydrogens (tertiary/aromatic N) is 2. The van der Waals surface area contributed by atoms with Crippen LogP contribution in [0.4, 0.5) is 0 Å². The van der Waals surface area contributed by atoms with Crippen LogP contribution >= 0.6 is 11.6 Å². The Bertz CT molecular complexity index is 695. The van der Waals surface area contributed by atoms with Crippen molar-refractivity contribution in [2.45, 2.75) is 25.0 Å². The number of carbonyl (C=O) groups excluding carboxylic acids is 1. The average molecular weight is 350 g/mol. The van der Waals surface area contributed by atoms with Crippen LogP contribution in [0.15, 0.2) is 36.7 Å². The maximum atomic E-state index is 12.2. The minimum Gasteiger partial charge on any atom is -0.484 e. The van der Waals surface area contributed by atoms with Gasteiger partial charge in [-0.3, -0.25) is 9.48 Å². The lowest BCUT2D eigenvalue weighted by Gasteiger charge is -2.37. The Morgan fingerprint density at radius 3 is 2.75 bits per heavy atom. The molecular weight excluding hydrogens is 330 g/mol. The first kappa shape index (κ1) is 16.8. The number of halogens is 1. The van der Waals surface area contributed by atoms with Crippen LogP contribution in [0.1, 0.15) is 24.4 Å². The lowest BCUT2D eigenvalue weighted by atomic mass is 9.75. The van der Waals surface area contributed by atoms with E-state index in [1.165, 1.54) is 0 Å². The summed E-state index contributed by atoms with van der Waals surface area (Å²) in [6.07, 6.45) is 4.71. The van der Waals surface area contributed by atoms with Crippen molar-refractivity contribution in [3.05, 3.63) is 47.2 Å². The van der Waals surface area contributed by atoms with Gasteiger partial charge in [-0.1, -0.05) is 11.6 Å². The van der Waals surface area contributed by atoms with E-state index in [2.05, 4.69) is 10.4 Å². The topological polar surface area (TPSA) is 76.4 Å². The number of carbonyl (C=O) groups is 1. The van der Waals surface area contributed by atoms with Gasteiger partial charge in [-0.05, 0) is 43.0 Å². The average Bonchev–Trinajstić information content (AvgIpc) is 2.96. The second kappa shape index (κ2) is 7.23. The molecule has 1 aliphatic carbocycles. The number of ether oxygens (including phenoxy) is 1. The molecule has 0 saturated heterocycles. The number of benzene rings is 1. The van der Waals surface area contributed by atoms with Gasteiger partial charge in [-0.25, -0.2) is 0 Å². The van der Waals surface area contributed by atoms with Crippen molar-refractivity contribution in [2.75, 3.05) is 6.61 Å². The van der Waals surface area contributed by atoms with Crippen molar-refractivity contribution in [3.63, 3.8) is 0 Å². The minimum atomic E-state index is -0.281. The number of nitrogens with one attached hydrogen (secondary N) is 1. The zero-order chi connectivity index (χ0) is 17.1. The van der Waals surface area contributed by atoms with Crippen molar-refractivity contribution >= 4 is 17.5 Å². The molecule has 128 valence electrons. The largest absolute Gasteiger partial charge is 0.484 e. The number of amides is 1. The van der Waals surface area contributed by atoms with Gasteiger partial charge in [0.2, 0.25) is 0 Å². The third-order valence-corrected chi connectivity index (χ3v) is 4.46. The summed E-state index contributed by atoms with van der Waals surface area (Å²) in [4.78, 5) is 12.2. The highest BCUT2D eigenvalue weighted by atomic mass is 35.5. The highest BCUT2D eigenvalue weighted by molar-refractivity contribution is 6.30. The Labute approximate surface area is 145 Å². The Kier molecular flexibility index (Phi) is 5.06. The maximum absolute atomic E-state index is 12.2. The van der Waals surface area contributed by atoms with E-state index in [1.807, 2.05) is 13.2 Å². The first-order chi connectivity index (χ1) is 11.5. The van der Waals surface area contributed by atoms with E-state index in [0.717, 1.165) is 5.56 Å². The van der Waals surface area contributed by atoms with Gasteiger partial charge in [-0.2, -0.15) is 5.10 Å². The number of hydrogen-bond acceptors (Lipinski definition) is 4. The number of aliphatic hydroxyl groups is 1. The van der Waals surface area contributed by atoms with E-state index in [4.69, 9.17) is 16.3 Å². The minimum absolute atomic E-state index is 0.0757. The molecule has 0 spiro atoms. The zero-order valence-corrected chi connectivity index (χ0v) is 14.1. The van der Waals surface area contributed by atoms with Gasteiger partial charge < -0.3 is 15.2 Å². The Morgan fingerprint density at radius 1 is 1.46 bits per heavy atom. The Morgan fingerprint density at radius 2 is 2.17 bits per heavy atom. The zero-order valence-electron chi connectivity index (χ0n) is 13.4. The fraction of sp³-hybridized carbons (Fsp3) is 0.412. The summed E-state index contributed by atoms with van der Waals surface area (Å²) < 4.78 is 7.18. The molecule has 0 aliphatic heterocycles. The van der Waals surface area contributed by atoms with Gasteiger partial charge in [0.05, 0.1) is 18.3 Å². The molecule has 1 heterocycles. The smallest absolute Gasteiger partial charge is 0.258 e. The highest BCUT2D eigenvalue weighted by Gasteiger charge is 2.36. The molecular formula is C17H20ClN3O3. The second-order valence-electron chi connectivity index (χ2n) is 6.12. The molecule has 3 rings (SSSR count). The fourth-order valence-corrected chi connectivity index (χ4v) is 3.00. The SMILES string of the molecule is Cn1cc(C(NC(=O)COc2ccc(Cl)cc2)C2CC(O)C2)cn1. The van der Waals surface area contributed by atoms with E-state index in [0.29, 0.717) is 23.6 Å². The molecule has 1 aromatic heterocycles. The molecule has 0 radical (unpaired) electrons. The third-order valence-electron chi connectivity index (χ3n) is 4.21. The van der Waals surface area contributed by atoms with E-state index >= 15 is 0 Å². The summed E-state index contributed by atoms with van der Waals surface area (Å²) >= 11 is 5.82. The van der Waals surface area contributed by atoms with Gasteiger partial charge in [0.1, 0.15) is 5.75 Å². The summed E-state index contributed by atoms with van der Waals surface area (Å²) in [7, 11) is 1.83. The van der Waals surface area contributed by atoms with E-state index in [1.54, 1.807) is 35.1 Å². The maximum Gasteiger partial charge on any atom is 0.258 e. The van der Waals surface area contributed by atoms with Crippen molar-refractivity contribution in [3.8, 4) is 5.75 Å². The van der Waals surface area contributed by atoms with Crippen LogP contribution in [-0.2, 0) is 11.8 Å². The number of aromatic nitrogens is 2. The van der Waals surface area contributed by atoms with Gasteiger partial charge in [-0.15, -0.1) is 0 Å². The highest BCUT2D eigenvalue weighted by Crippen LogP contribution is 2.37. The quantitative estimate of drug-likeness (QED) is 0.837. The van der Waals surface area contributed by atoms with Crippen molar-refractivity contribution in [1.29, 1.82) is 0 Å². The fourth-order valence-electron chi connectivity index (χ4n) is 2.87. The molecule has 1 aromatic carbocycles. The van der Waals surface area contributed by atoms with Gasteiger partial charge >= 0.3 is 0 Å². The molecule has 1 aliphatic rings. The molecule has 24 heavy (non-hydrogen) atoms. The van der Waals surface area contributed by atoms with Gasteiger partial charge in [0.25, 0.3) is 5.91 Å². The van der Waals surface area contributed by atoms with Crippen LogP contribution in [-0.4, -0.2) is 33.5 Å². The first-order valence-corrected chi connectivity index (χ1v) is 8.23. The van der Waals surface area contributed by atoms with Gasteiger partial charge in [0, 0.05) is 23.8 Å². The van der Waals surface area contributed by atoms with Crippen LogP contribution < -0.4 is 10.1 Å². The summed E-state index contributed by atoms with van der Waals surface area (Å²) in [6.45, 7) is -0.0757. The monoisotopic (exact) mass is 349 g/mol. The molecule has 1 saturated carbocycles. The van der Waals surface area contributed by atoms with Crippen molar-refractivity contribution < 1.29 is 14.6 Å². The molecule has 2 aromatic rings. The summed E-state index contributed by atoms with van der Waals surface area (Å²) in [6, 6.07) is 6.70. The number of hydrogen-bond donors (Lipinski definition) is 2. The molecule has 7 heteroatoms. The predicted molar refractivity (Wildman–Crippen MR) is 89.8 cm³/mol. The molecule has 1 fully saturated rings. The number of aliphatic hydroxyl groups excluding tert-OH is 1. The van der Waals surface area contributed by atoms with Crippen LogP contribution in [0.25, 0.3) is 0 Å². The number of aryl methyl sites for hydroxylation is 1. The Hall–Kier alpha value is -2.05. The molecule has 2 N–H and O–H groups in total. The van der Waals surface area contributed by atoms with Crippen LogP contribution in [0.2, 0.25) is 5.02 Å². The summed E-state index contributed by atoms with van der Waals surface area (Å²) in [5, 5.41) is 17.3. The lowest BCUT2D eigenvalue weighted by Crippen LogP contribution is -2.42. The predicted octanol–water partition coefficient (Wildman–Crippen LogP) is 2.08. The standard InChI is InChI=1S/C17H20ClN3O3/c1-21-9-12(8-19-21)17(11-6-14(22)7-11)20-16(23)10-24-15-4-2-13(18)3-5-15/h2-5,8-9,11,14,17,22H,6-7,10H2,1H3,(H,20,23). The van der Waals surface area contributed by atoms with E-state index < -0.39 is 0 Å². The van der Waals surface area contributed by atoms with Crippen LogP contribution in [0.3, 0.4) is 0 Å². The molecule has 6 nitrogen and oxygen atoms in total. The second-order valence-corrected chi connectivity index (χ2v) is 6.56. The van der Waals surface area contributed by atoms with E-state index in [-0.39, 0.29) is 30.6 Å². The molecule has 1 atom stereocenters.